The van der Waals surface area contributed by atoms with Crippen molar-refractivity contribution in [3.05, 3.63) is 29.8 Å². The van der Waals surface area contributed by atoms with Crippen molar-refractivity contribution in [1.82, 2.24) is 0 Å². The Balaban J connectivity index is 1.96. The van der Waals surface area contributed by atoms with Gasteiger partial charge in [-0.3, -0.25) is 4.79 Å². The SMILES string of the molecule is CC1(C)CC2(CCO1)CC(=O)c1ccccc1O2. The second-order valence-corrected chi connectivity index (χ2v) is 5.92. The Kier molecular flexibility index (Phi) is 2.49. The third-order valence-corrected chi connectivity index (χ3v) is 3.80. The van der Waals surface area contributed by atoms with E-state index in [0.29, 0.717) is 18.6 Å². The minimum Gasteiger partial charge on any atom is -0.486 e. The Morgan fingerprint density at radius 2 is 2.00 bits per heavy atom. The number of rotatable bonds is 0. The van der Waals surface area contributed by atoms with Crippen LogP contribution in [-0.4, -0.2) is 23.6 Å². The highest BCUT2D eigenvalue weighted by Gasteiger charge is 2.47. The third-order valence-electron chi connectivity index (χ3n) is 3.80. The van der Waals surface area contributed by atoms with E-state index >= 15 is 0 Å². The largest absolute Gasteiger partial charge is 0.486 e. The maximum atomic E-state index is 12.2. The van der Waals surface area contributed by atoms with E-state index in [1.165, 1.54) is 0 Å². The Morgan fingerprint density at radius 1 is 1.22 bits per heavy atom. The average Bonchev–Trinajstić information content (AvgIpc) is 2.27. The van der Waals surface area contributed by atoms with Crippen LogP contribution in [0.1, 0.15) is 43.5 Å². The first kappa shape index (κ1) is 11.7. The number of Topliss-reactive ketones (excluding diaryl/α,β-unsaturated/α-hetero) is 1. The summed E-state index contributed by atoms with van der Waals surface area (Å²) in [5, 5.41) is 0. The van der Waals surface area contributed by atoms with Crippen LogP contribution in [0.4, 0.5) is 0 Å². The zero-order valence-electron chi connectivity index (χ0n) is 10.9. The maximum absolute atomic E-state index is 12.2. The zero-order valence-corrected chi connectivity index (χ0v) is 10.9. The van der Waals surface area contributed by atoms with E-state index in [-0.39, 0.29) is 17.0 Å². The molecule has 3 heteroatoms. The Labute approximate surface area is 107 Å². The molecule has 2 aliphatic rings. The molecule has 1 fully saturated rings. The summed E-state index contributed by atoms with van der Waals surface area (Å²) < 4.78 is 11.9. The highest BCUT2D eigenvalue weighted by Crippen LogP contribution is 2.42. The van der Waals surface area contributed by atoms with Gasteiger partial charge in [-0.25, -0.2) is 0 Å². The van der Waals surface area contributed by atoms with E-state index in [0.717, 1.165) is 18.6 Å². The molecular weight excluding hydrogens is 228 g/mol. The molecule has 1 aromatic carbocycles. The first-order chi connectivity index (χ1) is 8.50. The molecule has 0 radical (unpaired) electrons. The molecule has 0 saturated carbocycles. The van der Waals surface area contributed by atoms with Crippen LogP contribution in [-0.2, 0) is 4.74 Å². The minimum atomic E-state index is -0.368. The molecule has 0 N–H and O–H groups in total. The quantitative estimate of drug-likeness (QED) is 0.706. The summed E-state index contributed by atoms with van der Waals surface area (Å²) >= 11 is 0. The molecule has 0 amide bonds. The van der Waals surface area contributed by atoms with Gasteiger partial charge in [-0.15, -0.1) is 0 Å². The van der Waals surface area contributed by atoms with E-state index in [1.807, 2.05) is 24.3 Å². The molecule has 0 aromatic heterocycles. The molecule has 3 rings (SSSR count). The normalized spacial score (nSPS) is 29.8. The van der Waals surface area contributed by atoms with Gasteiger partial charge in [-0.1, -0.05) is 12.1 Å². The minimum absolute atomic E-state index is 0.189. The summed E-state index contributed by atoms with van der Waals surface area (Å²) in [6.45, 7) is 4.77. The lowest BCUT2D eigenvalue weighted by Gasteiger charge is -2.46. The fourth-order valence-corrected chi connectivity index (χ4v) is 3.11. The average molecular weight is 246 g/mol. The first-order valence-corrected chi connectivity index (χ1v) is 6.45. The molecule has 18 heavy (non-hydrogen) atoms. The first-order valence-electron chi connectivity index (χ1n) is 6.45. The number of benzene rings is 1. The lowest BCUT2D eigenvalue weighted by Crippen LogP contribution is -2.52. The summed E-state index contributed by atoms with van der Waals surface area (Å²) in [7, 11) is 0. The van der Waals surface area contributed by atoms with Gasteiger partial charge in [0.2, 0.25) is 0 Å². The second kappa shape index (κ2) is 3.82. The number of carbonyl (C=O) groups excluding carboxylic acids is 1. The molecule has 1 saturated heterocycles. The number of ether oxygens (including phenoxy) is 2. The van der Waals surface area contributed by atoms with Crippen LogP contribution in [0, 0.1) is 0 Å². The molecule has 1 aromatic rings. The van der Waals surface area contributed by atoms with Crippen LogP contribution in [0.15, 0.2) is 24.3 Å². The molecule has 2 aliphatic heterocycles. The molecule has 2 heterocycles. The van der Waals surface area contributed by atoms with Gasteiger partial charge < -0.3 is 9.47 Å². The van der Waals surface area contributed by atoms with Gasteiger partial charge in [-0.05, 0) is 26.0 Å². The molecule has 3 nitrogen and oxygen atoms in total. The summed E-state index contributed by atoms with van der Waals surface area (Å²) in [4.78, 5) is 12.2. The van der Waals surface area contributed by atoms with Gasteiger partial charge in [0.15, 0.2) is 5.78 Å². The highest BCUT2D eigenvalue weighted by atomic mass is 16.5. The van der Waals surface area contributed by atoms with Crippen molar-refractivity contribution in [2.24, 2.45) is 0 Å². The second-order valence-electron chi connectivity index (χ2n) is 5.92. The molecular formula is C15H18O3. The molecule has 1 spiro atoms. The van der Waals surface area contributed by atoms with E-state index in [4.69, 9.17) is 9.47 Å². The molecule has 1 unspecified atom stereocenters. The van der Waals surface area contributed by atoms with Gasteiger partial charge in [0.05, 0.1) is 24.2 Å². The van der Waals surface area contributed by atoms with Crippen molar-refractivity contribution in [3.8, 4) is 5.75 Å². The van der Waals surface area contributed by atoms with Gasteiger partial charge in [0.25, 0.3) is 0 Å². The third kappa shape index (κ3) is 1.93. The molecule has 0 aliphatic carbocycles. The lowest BCUT2D eigenvalue weighted by molar-refractivity contribution is -0.134. The summed E-state index contributed by atoms with van der Waals surface area (Å²) in [6.07, 6.45) is 2.02. The standard InChI is InChI=1S/C15H18O3/c1-14(2)10-15(7-8-17-14)9-12(16)11-5-3-4-6-13(11)18-15/h3-6H,7-10H2,1-2H3. The van der Waals surface area contributed by atoms with Gasteiger partial charge in [0, 0.05) is 12.8 Å². The maximum Gasteiger partial charge on any atom is 0.170 e. The van der Waals surface area contributed by atoms with Crippen molar-refractivity contribution in [2.45, 2.75) is 44.3 Å². The zero-order chi connectivity index (χ0) is 12.8. The topological polar surface area (TPSA) is 35.5 Å². The predicted molar refractivity (Wildman–Crippen MR) is 68.0 cm³/mol. The highest BCUT2D eigenvalue weighted by molar-refractivity contribution is 6.00. The van der Waals surface area contributed by atoms with Crippen molar-refractivity contribution >= 4 is 5.78 Å². The number of para-hydroxylation sites is 1. The van der Waals surface area contributed by atoms with E-state index in [1.54, 1.807) is 0 Å². The lowest BCUT2D eigenvalue weighted by atomic mass is 9.78. The summed E-state index contributed by atoms with van der Waals surface area (Å²) in [6, 6.07) is 7.52. The van der Waals surface area contributed by atoms with Gasteiger partial charge in [-0.2, -0.15) is 0 Å². The van der Waals surface area contributed by atoms with Crippen LogP contribution in [0.2, 0.25) is 0 Å². The van der Waals surface area contributed by atoms with Gasteiger partial charge in [0.1, 0.15) is 11.4 Å². The predicted octanol–water partition coefficient (Wildman–Crippen LogP) is 2.98. The number of fused-ring (bicyclic) bond motifs is 1. The van der Waals surface area contributed by atoms with Crippen molar-refractivity contribution in [3.63, 3.8) is 0 Å². The van der Waals surface area contributed by atoms with Crippen LogP contribution in [0.3, 0.4) is 0 Å². The number of carbonyl (C=O) groups is 1. The molecule has 1 atom stereocenters. The number of ketones is 1. The smallest absolute Gasteiger partial charge is 0.170 e. The van der Waals surface area contributed by atoms with E-state index < -0.39 is 0 Å². The van der Waals surface area contributed by atoms with Crippen LogP contribution >= 0.6 is 0 Å². The number of hydrogen-bond acceptors (Lipinski definition) is 3. The summed E-state index contributed by atoms with van der Waals surface area (Å²) in [5.41, 5.74) is 0.130. The van der Waals surface area contributed by atoms with E-state index in [9.17, 15) is 4.79 Å². The van der Waals surface area contributed by atoms with Gasteiger partial charge >= 0.3 is 0 Å². The van der Waals surface area contributed by atoms with Crippen LogP contribution in [0.5, 0.6) is 5.75 Å². The van der Waals surface area contributed by atoms with E-state index in [2.05, 4.69) is 13.8 Å². The Hall–Kier alpha value is -1.35. The number of hydrogen-bond donors (Lipinski definition) is 0. The Morgan fingerprint density at radius 3 is 2.78 bits per heavy atom. The fraction of sp³-hybridized carbons (Fsp3) is 0.533. The summed E-state index contributed by atoms with van der Waals surface area (Å²) in [5.74, 6) is 0.918. The van der Waals surface area contributed by atoms with Crippen molar-refractivity contribution in [1.29, 1.82) is 0 Å². The van der Waals surface area contributed by atoms with Crippen LogP contribution in [0.25, 0.3) is 0 Å². The van der Waals surface area contributed by atoms with Crippen molar-refractivity contribution < 1.29 is 14.3 Å². The fourth-order valence-electron chi connectivity index (χ4n) is 3.11. The molecule has 0 bridgehead atoms. The Bertz CT molecular complexity index is 492. The molecule has 96 valence electrons. The van der Waals surface area contributed by atoms with Crippen LogP contribution < -0.4 is 4.74 Å². The monoisotopic (exact) mass is 246 g/mol. The van der Waals surface area contributed by atoms with Crippen molar-refractivity contribution in [2.75, 3.05) is 6.61 Å².